The number of hydrogen-bond donors (Lipinski definition) is 2. The second-order valence-electron chi connectivity index (χ2n) is 11.3. The Bertz CT molecular complexity index is 1590. The number of aliphatic hydroxyl groups is 2. The lowest BCUT2D eigenvalue weighted by Crippen LogP contribution is -2.24. The van der Waals surface area contributed by atoms with E-state index >= 15 is 0 Å². The Hall–Kier alpha value is -3.86. The molecule has 3 heterocycles. The number of amides is 1. The molecule has 0 unspecified atom stereocenters. The molecule has 0 bridgehead atoms. The van der Waals surface area contributed by atoms with Crippen LogP contribution in [0.15, 0.2) is 73.1 Å². The monoisotopic (exact) mass is 643 g/mol. The molecule has 1 saturated heterocycles. The summed E-state index contributed by atoms with van der Waals surface area (Å²) < 4.78 is 52.9. The Labute approximate surface area is 264 Å². The maximum atomic E-state index is 13.3. The molecular weight excluding hydrogens is 610 g/mol. The fraction of sp³-hybridized carbons (Fsp3) is 0.324. The van der Waals surface area contributed by atoms with Crippen molar-refractivity contribution in [1.29, 1.82) is 0 Å². The molecule has 1 aliphatic rings. The van der Waals surface area contributed by atoms with E-state index in [0.29, 0.717) is 53.3 Å². The zero-order valence-corrected chi connectivity index (χ0v) is 25.6. The summed E-state index contributed by atoms with van der Waals surface area (Å²) in [4.78, 5) is 21.8. The molecule has 4 atom stereocenters. The predicted octanol–water partition coefficient (Wildman–Crippen LogP) is 7.32. The van der Waals surface area contributed by atoms with E-state index in [4.69, 9.17) is 11.6 Å². The summed E-state index contributed by atoms with van der Waals surface area (Å²) >= 11 is 5.85. The van der Waals surface area contributed by atoms with Gasteiger partial charge >= 0.3 is 0 Å². The molecule has 5 rings (SSSR count). The van der Waals surface area contributed by atoms with E-state index in [2.05, 4.69) is 9.97 Å². The normalized spacial score (nSPS) is 15.7. The number of carbonyl (C=O) groups excluding carboxylic acids is 1. The second-order valence-corrected chi connectivity index (χ2v) is 11.7. The number of benzene rings is 2. The Morgan fingerprint density at radius 1 is 0.756 bits per heavy atom. The Balaban J connectivity index is 0.000000210. The molecule has 6 nitrogen and oxygen atoms in total. The van der Waals surface area contributed by atoms with Gasteiger partial charge in [0.25, 0.3) is 0 Å². The number of rotatable bonds is 9. The average molecular weight is 644 g/mol. The number of anilines is 1. The van der Waals surface area contributed by atoms with Crippen molar-refractivity contribution < 1.29 is 32.6 Å². The molecule has 1 amide bonds. The van der Waals surface area contributed by atoms with Crippen molar-refractivity contribution in [2.24, 2.45) is 11.8 Å². The number of halogens is 5. The Morgan fingerprint density at radius 2 is 1.22 bits per heavy atom. The molecule has 0 spiro atoms. The lowest BCUT2D eigenvalue weighted by molar-refractivity contribution is -0.117. The third kappa shape index (κ3) is 9.56. The summed E-state index contributed by atoms with van der Waals surface area (Å²) in [6.45, 7) is 4.25. The molecule has 238 valence electrons. The topological polar surface area (TPSA) is 86.6 Å². The van der Waals surface area contributed by atoms with E-state index in [1.807, 2.05) is 0 Å². The van der Waals surface area contributed by atoms with Crippen LogP contribution in [0.5, 0.6) is 0 Å². The molecule has 1 fully saturated rings. The number of pyridine rings is 2. The zero-order valence-electron chi connectivity index (χ0n) is 24.8. The lowest BCUT2D eigenvalue weighted by atomic mass is 9.93. The van der Waals surface area contributed by atoms with E-state index in [-0.39, 0.29) is 17.7 Å². The summed E-state index contributed by atoms with van der Waals surface area (Å²) in [6, 6.07) is 13.3. The van der Waals surface area contributed by atoms with Crippen molar-refractivity contribution >= 4 is 23.2 Å². The molecule has 45 heavy (non-hydrogen) atoms. The van der Waals surface area contributed by atoms with Gasteiger partial charge in [-0.1, -0.05) is 25.4 Å². The van der Waals surface area contributed by atoms with Crippen LogP contribution in [0.1, 0.15) is 61.4 Å². The van der Waals surface area contributed by atoms with Crippen molar-refractivity contribution in [1.82, 2.24) is 9.97 Å². The van der Waals surface area contributed by atoms with Gasteiger partial charge in [0.2, 0.25) is 5.91 Å². The van der Waals surface area contributed by atoms with Crippen LogP contribution >= 0.6 is 11.6 Å². The summed E-state index contributed by atoms with van der Waals surface area (Å²) in [5.74, 6) is -2.99. The van der Waals surface area contributed by atoms with Gasteiger partial charge in [-0.15, -0.1) is 0 Å². The van der Waals surface area contributed by atoms with E-state index in [0.717, 1.165) is 24.2 Å². The van der Waals surface area contributed by atoms with E-state index in [1.54, 1.807) is 49.2 Å². The highest BCUT2D eigenvalue weighted by atomic mass is 35.5. The van der Waals surface area contributed by atoms with Gasteiger partial charge in [0.05, 0.1) is 23.6 Å². The number of aromatic nitrogens is 2. The molecule has 11 heteroatoms. The third-order valence-corrected chi connectivity index (χ3v) is 7.77. The van der Waals surface area contributed by atoms with Crippen LogP contribution in [-0.4, -0.2) is 32.6 Å². The number of nitrogens with zero attached hydrogens (tertiary/aromatic N) is 3. The maximum absolute atomic E-state index is 13.3. The molecule has 0 radical (unpaired) electrons. The first-order valence-corrected chi connectivity index (χ1v) is 14.9. The molecule has 0 saturated carbocycles. The first-order valence-electron chi connectivity index (χ1n) is 14.5. The quantitative estimate of drug-likeness (QED) is 0.187. The summed E-state index contributed by atoms with van der Waals surface area (Å²) in [5, 5.41) is 21.3. The van der Waals surface area contributed by atoms with Crippen molar-refractivity contribution in [3.05, 3.63) is 124 Å². The summed E-state index contributed by atoms with van der Waals surface area (Å²) in [7, 11) is 0. The molecule has 0 aliphatic carbocycles. The molecule has 2 N–H and O–H groups in total. The maximum Gasteiger partial charge on any atom is 0.227 e. The van der Waals surface area contributed by atoms with Crippen LogP contribution in [0.3, 0.4) is 0 Å². The molecule has 2 aromatic carbocycles. The van der Waals surface area contributed by atoms with Crippen LogP contribution in [-0.2, 0) is 17.6 Å². The predicted molar refractivity (Wildman–Crippen MR) is 163 cm³/mol. The minimum absolute atomic E-state index is 0.0647. The largest absolute Gasteiger partial charge is 0.387 e. The minimum atomic E-state index is -0.899. The highest BCUT2D eigenvalue weighted by Gasteiger charge is 2.24. The standard InChI is InChI=1S/C19H20F2N2O2.C15H14ClF2NO/c1-12(7-13-8-14(20)10-15(21)9-13)19(25)17-11-16(4-5-22-17)23-6-2-3-18(23)24;1-9(4-10-5-12(17)8-13(18)6-10)15(20)14-7-11(16)2-3-19-14/h4-5,8-12,19,25H,2-3,6-7H2,1H3;2-3,5-9,15,20H,4H2,1H3/t12-,19-;9-,15-/m00/s1. The average Bonchev–Trinajstić information content (AvgIpc) is 3.41. The highest BCUT2D eigenvalue weighted by Crippen LogP contribution is 2.29. The van der Waals surface area contributed by atoms with Gasteiger partial charge in [-0.05, 0) is 90.8 Å². The van der Waals surface area contributed by atoms with Gasteiger partial charge in [0.1, 0.15) is 23.3 Å². The molecule has 2 aromatic heterocycles. The summed E-state index contributed by atoms with van der Waals surface area (Å²) in [6.07, 6.45) is 3.32. The van der Waals surface area contributed by atoms with E-state index in [9.17, 15) is 32.6 Å². The van der Waals surface area contributed by atoms with Crippen LogP contribution in [0.4, 0.5) is 23.2 Å². The third-order valence-electron chi connectivity index (χ3n) is 7.54. The SMILES string of the molecule is C[C@@H](Cc1cc(F)cc(F)c1)[C@H](O)c1cc(Cl)ccn1.C[C@@H](Cc1cc(F)cc(F)c1)[C@H](O)c1cc(N2CCCC2=O)ccn1. The Kier molecular flexibility index (Phi) is 11.7. The van der Waals surface area contributed by atoms with Gasteiger partial charge < -0.3 is 15.1 Å². The van der Waals surface area contributed by atoms with Gasteiger partial charge in [-0.3, -0.25) is 14.8 Å². The second kappa shape index (κ2) is 15.4. The van der Waals surface area contributed by atoms with E-state index in [1.165, 1.54) is 30.5 Å². The minimum Gasteiger partial charge on any atom is -0.387 e. The van der Waals surface area contributed by atoms with Gasteiger partial charge in [-0.25, -0.2) is 17.6 Å². The van der Waals surface area contributed by atoms with Gasteiger partial charge in [-0.2, -0.15) is 0 Å². The first kappa shape index (κ1) is 34.0. The number of carbonyl (C=O) groups is 1. The van der Waals surface area contributed by atoms with Crippen LogP contribution in [0, 0.1) is 35.1 Å². The van der Waals surface area contributed by atoms with Gasteiger partial charge in [0.15, 0.2) is 0 Å². The fourth-order valence-electron chi connectivity index (χ4n) is 5.28. The van der Waals surface area contributed by atoms with Crippen molar-refractivity contribution in [3.8, 4) is 0 Å². The van der Waals surface area contributed by atoms with Crippen LogP contribution in [0.25, 0.3) is 0 Å². The van der Waals surface area contributed by atoms with Gasteiger partial charge in [0, 0.05) is 48.2 Å². The van der Waals surface area contributed by atoms with Crippen LogP contribution in [0.2, 0.25) is 5.02 Å². The number of hydrogen-bond acceptors (Lipinski definition) is 5. The highest BCUT2D eigenvalue weighted by molar-refractivity contribution is 6.30. The smallest absolute Gasteiger partial charge is 0.227 e. The fourth-order valence-corrected chi connectivity index (χ4v) is 5.45. The summed E-state index contributed by atoms with van der Waals surface area (Å²) in [5.41, 5.74) is 2.59. The molecule has 4 aromatic rings. The van der Waals surface area contributed by atoms with E-state index < -0.39 is 35.5 Å². The lowest BCUT2D eigenvalue weighted by Gasteiger charge is -2.21. The van der Waals surface area contributed by atoms with Crippen molar-refractivity contribution in [2.75, 3.05) is 11.4 Å². The first-order chi connectivity index (χ1) is 21.4. The van der Waals surface area contributed by atoms with Crippen LogP contribution < -0.4 is 4.90 Å². The Morgan fingerprint density at radius 3 is 1.67 bits per heavy atom. The van der Waals surface area contributed by atoms with Crippen molar-refractivity contribution in [3.63, 3.8) is 0 Å². The zero-order chi connectivity index (χ0) is 32.7. The number of aliphatic hydroxyl groups excluding tert-OH is 2. The van der Waals surface area contributed by atoms with Crippen molar-refractivity contribution in [2.45, 2.75) is 51.7 Å². The molecular formula is C34H34ClF4N3O3. The molecule has 1 aliphatic heterocycles.